The molecule has 1 saturated heterocycles. The molecule has 1 fully saturated rings. The topological polar surface area (TPSA) is 21.3 Å². The molecule has 1 N–H and O–H groups in total. The summed E-state index contributed by atoms with van der Waals surface area (Å²) in [5.74, 6) is 0. The van der Waals surface area contributed by atoms with Crippen molar-refractivity contribution in [3.8, 4) is 0 Å². The number of rotatable bonds is 4. The molecule has 1 aliphatic heterocycles. The minimum Gasteiger partial charge on any atom is -0.382 e. The Kier molecular flexibility index (Phi) is 5.10. The Morgan fingerprint density at radius 2 is 2.12 bits per heavy atom. The van der Waals surface area contributed by atoms with Crippen molar-refractivity contribution < 1.29 is 4.74 Å². The molecule has 1 aliphatic rings. The number of halogens is 1. The van der Waals surface area contributed by atoms with Crippen molar-refractivity contribution in [1.82, 2.24) is 0 Å². The Morgan fingerprint density at radius 3 is 2.82 bits per heavy atom. The molecule has 0 saturated carbocycles. The van der Waals surface area contributed by atoms with Crippen molar-refractivity contribution >= 4 is 28.3 Å². The Labute approximate surface area is 117 Å². The molecule has 94 valence electrons. The fraction of sp³-hybridized carbons (Fsp3) is 0.571. The first-order chi connectivity index (χ1) is 8.28. The third kappa shape index (κ3) is 4.14. The zero-order valence-corrected chi connectivity index (χ0v) is 12.4. The van der Waals surface area contributed by atoms with Gasteiger partial charge in [-0.2, -0.15) is 0 Å². The number of ether oxygens (including phenoxy) is 1. The summed E-state index contributed by atoms with van der Waals surface area (Å²) in [6.45, 7) is 3.12. The highest BCUT2D eigenvalue weighted by Crippen LogP contribution is 2.21. The first kappa shape index (κ1) is 13.1. The highest BCUT2D eigenvalue weighted by molar-refractivity contribution is 14.1. The summed E-state index contributed by atoms with van der Waals surface area (Å²) in [6, 6.07) is 9.18. The third-order valence-electron chi connectivity index (χ3n) is 3.19. The SMILES string of the molecule is CCCC1CC(Nc2ccc(I)cc2)CCO1. The highest BCUT2D eigenvalue weighted by Gasteiger charge is 2.21. The Morgan fingerprint density at radius 1 is 1.35 bits per heavy atom. The predicted molar refractivity (Wildman–Crippen MR) is 80.5 cm³/mol. The molecular weight excluding hydrogens is 325 g/mol. The second-order valence-electron chi connectivity index (χ2n) is 4.65. The third-order valence-corrected chi connectivity index (χ3v) is 3.91. The fourth-order valence-corrected chi connectivity index (χ4v) is 2.68. The van der Waals surface area contributed by atoms with Crippen molar-refractivity contribution in [3.05, 3.63) is 27.8 Å². The summed E-state index contributed by atoms with van der Waals surface area (Å²) in [5.41, 5.74) is 1.23. The summed E-state index contributed by atoms with van der Waals surface area (Å²) >= 11 is 2.33. The maximum Gasteiger partial charge on any atom is 0.0594 e. The summed E-state index contributed by atoms with van der Waals surface area (Å²) in [7, 11) is 0. The van der Waals surface area contributed by atoms with Crippen molar-refractivity contribution in [2.24, 2.45) is 0 Å². The van der Waals surface area contributed by atoms with Gasteiger partial charge in [0.25, 0.3) is 0 Å². The van der Waals surface area contributed by atoms with E-state index < -0.39 is 0 Å². The molecule has 17 heavy (non-hydrogen) atoms. The number of nitrogens with one attached hydrogen (secondary N) is 1. The maximum absolute atomic E-state index is 5.76. The molecule has 1 aromatic rings. The quantitative estimate of drug-likeness (QED) is 0.832. The molecule has 0 spiro atoms. The van der Waals surface area contributed by atoms with E-state index >= 15 is 0 Å². The second kappa shape index (κ2) is 6.59. The van der Waals surface area contributed by atoms with Gasteiger partial charge in [0.15, 0.2) is 0 Å². The van der Waals surface area contributed by atoms with Gasteiger partial charge in [-0.15, -0.1) is 0 Å². The Hall–Kier alpha value is -0.290. The van der Waals surface area contributed by atoms with E-state index in [0.717, 1.165) is 19.4 Å². The lowest BCUT2D eigenvalue weighted by atomic mass is 10.00. The first-order valence-electron chi connectivity index (χ1n) is 6.41. The van der Waals surface area contributed by atoms with Crippen LogP contribution in [0.3, 0.4) is 0 Å². The number of anilines is 1. The van der Waals surface area contributed by atoms with Gasteiger partial charge < -0.3 is 10.1 Å². The van der Waals surface area contributed by atoms with Crippen molar-refractivity contribution in [2.75, 3.05) is 11.9 Å². The van der Waals surface area contributed by atoms with Gasteiger partial charge in [-0.3, -0.25) is 0 Å². The van der Waals surface area contributed by atoms with Crippen LogP contribution in [0.25, 0.3) is 0 Å². The van der Waals surface area contributed by atoms with Gasteiger partial charge in [0.1, 0.15) is 0 Å². The average Bonchev–Trinajstić information content (AvgIpc) is 2.33. The summed E-state index contributed by atoms with van der Waals surface area (Å²) in [5, 5.41) is 3.61. The molecule has 2 rings (SSSR count). The standard InChI is InChI=1S/C14H20INO/c1-2-3-14-10-13(8-9-17-14)16-12-6-4-11(15)5-7-12/h4-7,13-14,16H,2-3,8-10H2,1H3. The molecule has 0 aliphatic carbocycles. The van der Waals surface area contributed by atoms with E-state index in [1.54, 1.807) is 0 Å². The van der Waals surface area contributed by atoms with Crippen LogP contribution in [0.15, 0.2) is 24.3 Å². The molecule has 2 nitrogen and oxygen atoms in total. The van der Waals surface area contributed by atoms with Gasteiger partial charge >= 0.3 is 0 Å². The lowest BCUT2D eigenvalue weighted by Crippen LogP contribution is -2.33. The van der Waals surface area contributed by atoms with Gasteiger partial charge in [-0.1, -0.05) is 13.3 Å². The van der Waals surface area contributed by atoms with E-state index in [1.807, 2.05) is 0 Å². The molecular formula is C14H20INO. The van der Waals surface area contributed by atoms with E-state index in [0.29, 0.717) is 12.1 Å². The normalized spacial score (nSPS) is 24.6. The monoisotopic (exact) mass is 345 g/mol. The largest absolute Gasteiger partial charge is 0.382 e. The zero-order valence-electron chi connectivity index (χ0n) is 10.3. The summed E-state index contributed by atoms with van der Waals surface area (Å²) in [4.78, 5) is 0. The number of hydrogen-bond acceptors (Lipinski definition) is 2. The van der Waals surface area contributed by atoms with Crippen molar-refractivity contribution in [2.45, 2.75) is 44.8 Å². The average molecular weight is 345 g/mol. The Balaban J connectivity index is 1.87. The van der Waals surface area contributed by atoms with Gasteiger partial charge in [-0.25, -0.2) is 0 Å². The van der Waals surface area contributed by atoms with Gasteiger partial charge in [-0.05, 0) is 66.1 Å². The van der Waals surface area contributed by atoms with Crippen LogP contribution in [0, 0.1) is 3.57 Å². The molecule has 0 amide bonds. The molecule has 2 unspecified atom stereocenters. The zero-order chi connectivity index (χ0) is 12.1. The highest BCUT2D eigenvalue weighted by atomic mass is 127. The second-order valence-corrected chi connectivity index (χ2v) is 5.90. The smallest absolute Gasteiger partial charge is 0.0594 e. The van der Waals surface area contributed by atoms with Gasteiger partial charge in [0, 0.05) is 21.9 Å². The van der Waals surface area contributed by atoms with Crippen molar-refractivity contribution in [3.63, 3.8) is 0 Å². The van der Waals surface area contributed by atoms with E-state index in [4.69, 9.17) is 4.74 Å². The van der Waals surface area contributed by atoms with Crippen LogP contribution in [-0.2, 0) is 4.74 Å². The lowest BCUT2D eigenvalue weighted by molar-refractivity contribution is 0.00598. The fourth-order valence-electron chi connectivity index (χ4n) is 2.32. The summed E-state index contributed by atoms with van der Waals surface area (Å²) in [6.07, 6.45) is 5.10. The molecule has 3 heteroatoms. The molecule has 0 radical (unpaired) electrons. The van der Waals surface area contributed by atoms with Crippen LogP contribution in [0.2, 0.25) is 0 Å². The van der Waals surface area contributed by atoms with E-state index in [2.05, 4.69) is 59.1 Å². The van der Waals surface area contributed by atoms with E-state index in [-0.39, 0.29) is 0 Å². The maximum atomic E-state index is 5.76. The van der Waals surface area contributed by atoms with Crippen LogP contribution in [0.1, 0.15) is 32.6 Å². The van der Waals surface area contributed by atoms with Crippen LogP contribution in [0.5, 0.6) is 0 Å². The molecule has 0 bridgehead atoms. The minimum atomic E-state index is 0.454. The molecule has 0 aromatic heterocycles. The van der Waals surface area contributed by atoms with E-state index in [9.17, 15) is 0 Å². The predicted octanol–water partition coefficient (Wildman–Crippen LogP) is 4.05. The summed E-state index contributed by atoms with van der Waals surface area (Å²) < 4.78 is 7.05. The van der Waals surface area contributed by atoms with Crippen molar-refractivity contribution in [1.29, 1.82) is 0 Å². The lowest BCUT2D eigenvalue weighted by Gasteiger charge is -2.30. The van der Waals surface area contributed by atoms with Crippen LogP contribution < -0.4 is 5.32 Å². The van der Waals surface area contributed by atoms with Crippen LogP contribution in [-0.4, -0.2) is 18.8 Å². The van der Waals surface area contributed by atoms with E-state index in [1.165, 1.54) is 22.1 Å². The van der Waals surface area contributed by atoms with Crippen LogP contribution >= 0.6 is 22.6 Å². The van der Waals surface area contributed by atoms with Gasteiger partial charge in [0.05, 0.1) is 6.10 Å². The molecule has 1 aromatic carbocycles. The van der Waals surface area contributed by atoms with Gasteiger partial charge in [0.2, 0.25) is 0 Å². The number of hydrogen-bond donors (Lipinski definition) is 1. The first-order valence-corrected chi connectivity index (χ1v) is 7.49. The molecule has 2 atom stereocenters. The van der Waals surface area contributed by atoms with Crippen LogP contribution in [0.4, 0.5) is 5.69 Å². The minimum absolute atomic E-state index is 0.454. The number of benzene rings is 1. The Bertz CT molecular complexity index is 337. The molecule has 1 heterocycles.